The smallest absolute Gasteiger partial charge is 0.308 e. The van der Waals surface area contributed by atoms with E-state index in [1.807, 2.05) is 0 Å². The zero-order chi connectivity index (χ0) is 15.9. The van der Waals surface area contributed by atoms with Gasteiger partial charge in [0.2, 0.25) is 5.91 Å². The number of carboxylic acids is 1. The third-order valence-corrected chi connectivity index (χ3v) is 4.35. The Labute approximate surface area is 132 Å². The van der Waals surface area contributed by atoms with Gasteiger partial charge in [0.15, 0.2) is 0 Å². The van der Waals surface area contributed by atoms with Gasteiger partial charge in [0.25, 0.3) is 0 Å². The maximum atomic E-state index is 12.2. The second-order valence-electron chi connectivity index (χ2n) is 6.21. The Morgan fingerprint density at radius 2 is 1.95 bits per heavy atom. The number of unbranched alkanes of at least 4 members (excludes halogenated alkanes) is 1. The molecule has 0 bridgehead atoms. The van der Waals surface area contributed by atoms with Crippen molar-refractivity contribution in [2.24, 2.45) is 5.92 Å². The number of aryl methyl sites for hydroxylation is 2. The van der Waals surface area contributed by atoms with Crippen molar-refractivity contribution in [3.05, 3.63) is 35.4 Å². The number of aliphatic carboxylic acids is 1. The van der Waals surface area contributed by atoms with E-state index in [-0.39, 0.29) is 11.8 Å². The van der Waals surface area contributed by atoms with Crippen LogP contribution in [0, 0.1) is 12.8 Å². The lowest BCUT2D eigenvalue weighted by atomic mass is 9.97. The number of hydrogen-bond donors (Lipinski definition) is 1. The summed E-state index contributed by atoms with van der Waals surface area (Å²) in [5.74, 6) is -1.06. The monoisotopic (exact) mass is 303 g/mol. The summed E-state index contributed by atoms with van der Waals surface area (Å²) in [5, 5.41) is 9.06. The van der Waals surface area contributed by atoms with Crippen LogP contribution in [0.5, 0.6) is 0 Å². The van der Waals surface area contributed by atoms with Crippen LogP contribution in [0.3, 0.4) is 0 Å². The van der Waals surface area contributed by atoms with Gasteiger partial charge in [-0.15, -0.1) is 0 Å². The number of piperidine rings is 1. The van der Waals surface area contributed by atoms with Crippen LogP contribution in [0.1, 0.15) is 43.2 Å². The van der Waals surface area contributed by atoms with Crippen LogP contribution in [-0.4, -0.2) is 35.0 Å². The molecule has 120 valence electrons. The van der Waals surface area contributed by atoms with Crippen molar-refractivity contribution in [1.82, 2.24) is 4.90 Å². The normalized spacial score (nSPS) is 18.2. The van der Waals surface area contributed by atoms with E-state index >= 15 is 0 Å². The fourth-order valence-corrected chi connectivity index (χ4v) is 2.92. The molecular formula is C18H25NO3. The number of rotatable bonds is 6. The van der Waals surface area contributed by atoms with E-state index in [4.69, 9.17) is 5.11 Å². The zero-order valence-electron chi connectivity index (χ0n) is 13.3. The third-order valence-electron chi connectivity index (χ3n) is 4.35. The molecule has 1 saturated heterocycles. The molecule has 4 heteroatoms. The predicted octanol–water partition coefficient (Wildman–Crippen LogP) is 3.03. The van der Waals surface area contributed by atoms with Crippen LogP contribution in [0.15, 0.2) is 24.3 Å². The first-order valence-corrected chi connectivity index (χ1v) is 8.12. The van der Waals surface area contributed by atoms with E-state index < -0.39 is 5.97 Å². The second-order valence-corrected chi connectivity index (χ2v) is 6.21. The van der Waals surface area contributed by atoms with Crippen molar-refractivity contribution in [2.75, 3.05) is 13.1 Å². The molecule has 22 heavy (non-hydrogen) atoms. The molecule has 1 aliphatic heterocycles. The van der Waals surface area contributed by atoms with E-state index in [0.717, 1.165) is 25.7 Å². The fraction of sp³-hybridized carbons (Fsp3) is 0.556. The summed E-state index contributed by atoms with van der Waals surface area (Å²) in [6.45, 7) is 3.16. The van der Waals surface area contributed by atoms with Gasteiger partial charge < -0.3 is 10.0 Å². The average molecular weight is 303 g/mol. The minimum atomic E-state index is -0.781. The number of amides is 1. The van der Waals surface area contributed by atoms with Crippen molar-refractivity contribution in [3.63, 3.8) is 0 Å². The van der Waals surface area contributed by atoms with Crippen LogP contribution < -0.4 is 0 Å². The minimum absolute atomic E-state index is 0.106. The topological polar surface area (TPSA) is 57.6 Å². The van der Waals surface area contributed by atoms with Gasteiger partial charge >= 0.3 is 5.97 Å². The highest BCUT2D eigenvalue weighted by Gasteiger charge is 2.27. The first-order chi connectivity index (χ1) is 10.6. The molecule has 0 aromatic heterocycles. The molecule has 1 aromatic carbocycles. The molecule has 1 N–H and O–H groups in total. The summed E-state index contributed by atoms with van der Waals surface area (Å²) < 4.78 is 0. The first-order valence-electron chi connectivity index (χ1n) is 8.12. The van der Waals surface area contributed by atoms with Gasteiger partial charge in [0.05, 0.1) is 5.92 Å². The van der Waals surface area contributed by atoms with Crippen LogP contribution in [-0.2, 0) is 16.0 Å². The standard InChI is InChI=1S/C18H25NO3/c1-14-8-10-15(11-9-14)5-2-3-7-17(20)19-12-4-6-16(13-19)18(21)22/h8-11,16H,2-7,12-13H2,1H3,(H,21,22). The Balaban J connectivity index is 1.69. The zero-order valence-corrected chi connectivity index (χ0v) is 13.3. The van der Waals surface area contributed by atoms with E-state index in [1.165, 1.54) is 11.1 Å². The van der Waals surface area contributed by atoms with Crippen LogP contribution >= 0.6 is 0 Å². The summed E-state index contributed by atoms with van der Waals surface area (Å²) in [4.78, 5) is 24.9. The summed E-state index contributed by atoms with van der Waals surface area (Å²) in [7, 11) is 0. The van der Waals surface area contributed by atoms with E-state index in [9.17, 15) is 9.59 Å². The molecule has 0 saturated carbocycles. The summed E-state index contributed by atoms with van der Waals surface area (Å²) in [6.07, 6.45) is 4.86. The lowest BCUT2D eigenvalue weighted by Gasteiger charge is -2.30. The Hall–Kier alpha value is -1.84. The average Bonchev–Trinajstić information content (AvgIpc) is 2.53. The molecule has 1 amide bonds. The lowest BCUT2D eigenvalue weighted by Crippen LogP contribution is -2.42. The minimum Gasteiger partial charge on any atom is -0.481 e. The molecule has 4 nitrogen and oxygen atoms in total. The van der Waals surface area contributed by atoms with Crippen LogP contribution in [0.2, 0.25) is 0 Å². The fourth-order valence-electron chi connectivity index (χ4n) is 2.92. The van der Waals surface area contributed by atoms with Gasteiger partial charge in [-0.1, -0.05) is 29.8 Å². The van der Waals surface area contributed by atoms with Gasteiger partial charge in [-0.05, 0) is 44.6 Å². The van der Waals surface area contributed by atoms with Gasteiger partial charge in [-0.3, -0.25) is 9.59 Å². The Morgan fingerprint density at radius 3 is 2.64 bits per heavy atom. The Morgan fingerprint density at radius 1 is 1.23 bits per heavy atom. The first kappa shape index (κ1) is 16.5. The molecule has 1 atom stereocenters. The van der Waals surface area contributed by atoms with Gasteiger partial charge in [0.1, 0.15) is 0 Å². The van der Waals surface area contributed by atoms with Crippen molar-refractivity contribution >= 4 is 11.9 Å². The lowest BCUT2D eigenvalue weighted by molar-refractivity contribution is -0.145. The molecule has 2 rings (SSSR count). The van der Waals surface area contributed by atoms with E-state index in [2.05, 4.69) is 31.2 Å². The number of carboxylic acid groups (broad SMARTS) is 1. The Kier molecular flexibility index (Phi) is 5.99. The second kappa shape index (κ2) is 7.97. The molecule has 1 fully saturated rings. The molecular weight excluding hydrogens is 278 g/mol. The summed E-state index contributed by atoms with van der Waals surface area (Å²) >= 11 is 0. The number of likely N-dealkylation sites (tertiary alicyclic amines) is 1. The number of hydrogen-bond acceptors (Lipinski definition) is 2. The largest absolute Gasteiger partial charge is 0.481 e. The number of carbonyl (C=O) groups is 2. The van der Waals surface area contributed by atoms with Crippen molar-refractivity contribution in [3.8, 4) is 0 Å². The molecule has 1 unspecified atom stereocenters. The third kappa shape index (κ3) is 4.86. The molecule has 1 aliphatic rings. The number of carbonyl (C=O) groups excluding carboxylic acids is 1. The van der Waals surface area contributed by atoms with Gasteiger partial charge in [0, 0.05) is 19.5 Å². The SMILES string of the molecule is Cc1ccc(CCCCC(=O)N2CCCC(C(=O)O)C2)cc1. The maximum absolute atomic E-state index is 12.2. The highest BCUT2D eigenvalue weighted by Crippen LogP contribution is 2.18. The van der Waals surface area contributed by atoms with Crippen molar-refractivity contribution in [2.45, 2.75) is 45.4 Å². The van der Waals surface area contributed by atoms with Crippen LogP contribution in [0.4, 0.5) is 0 Å². The van der Waals surface area contributed by atoms with Crippen LogP contribution in [0.25, 0.3) is 0 Å². The highest BCUT2D eigenvalue weighted by molar-refractivity contribution is 5.78. The molecule has 0 radical (unpaired) electrons. The quantitative estimate of drug-likeness (QED) is 0.822. The van der Waals surface area contributed by atoms with Crippen molar-refractivity contribution < 1.29 is 14.7 Å². The Bertz CT molecular complexity index is 510. The number of benzene rings is 1. The molecule has 1 aromatic rings. The molecule has 1 heterocycles. The number of nitrogens with zero attached hydrogens (tertiary/aromatic N) is 1. The van der Waals surface area contributed by atoms with Crippen molar-refractivity contribution in [1.29, 1.82) is 0 Å². The van der Waals surface area contributed by atoms with Gasteiger partial charge in [-0.25, -0.2) is 0 Å². The molecule has 0 spiro atoms. The maximum Gasteiger partial charge on any atom is 0.308 e. The summed E-state index contributed by atoms with van der Waals surface area (Å²) in [5.41, 5.74) is 2.57. The van der Waals surface area contributed by atoms with Gasteiger partial charge in [-0.2, -0.15) is 0 Å². The highest BCUT2D eigenvalue weighted by atomic mass is 16.4. The summed E-state index contributed by atoms with van der Waals surface area (Å²) in [6, 6.07) is 8.50. The predicted molar refractivity (Wildman–Crippen MR) is 85.7 cm³/mol. The van der Waals surface area contributed by atoms with E-state index in [0.29, 0.717) is 25.9 Å². The van der Waals surface area contributed by atoms with E-state index in [1.54, 1.807) is 4.90 Å². The molecule has 0 aliphatic carbocycles.